The minimum Gasteiger partial charge on any atom is -0.467 e. The van der Waals surface area contributed by atoms with Gasteiger partial charge in [-0.05, 0) is 30.0 Å². The Bertz CT molecular complexity index is 1010. The zero-order valence-electron chi connectivity index (χ0n) is 18.5. The van der Waals surface area contributed by atoms with Gasteiger partial charge < -0.3 is 14.8 Å². The average molecular weight is 478 g/mol. The molecule has 1 heterocycles. The standard InChI is InChI=1S/C24H25F3N2O5/c1-33-22(31)19(14-17-10-5-6-11-18(17)24(25,26)27)28-21(30)20-12-7-13-29(20)23(32)34-15-16-8-3-2-4-9-16/h2-6,8-11,19-20H,7,12-15H2,1H3,(H,28,30)/t19-,20+/m0/s1. The fraction of sp³-hybridized carbons (Fsp3) is 0.375. The molecule has 1 aliphatic heterocycles. The van der Waals surface area contributed by atoms with Crippen LogP contribution in [0.1, 0.15) is 29.5 Å². The van der Waals surface area contributed by atoms with Crippen LogP contribution in [0.3, 0.4) is 0 Å². The summed E-state index contributed by atoms with van der Waals surface area (Å²) in [5, 5.41) is 2.47. The number of amides is 2. The molecule has 0 aromatic heterocycles. The second kappa shape index (κ2) is 11.0. The molecule has 182 valence electrons. The Hall–Kier alpha value is -3.56. The minimum absolute atomic E-state index is 0.0313. The number of halogens is 3. The van der Waals surface area contributed by atoms with Crippen molar-refractivity contribution in [3.8, 4) is 0 Å². The Morgan fingerprint density at radius 3 is 2.44 bits per heavy atom. The van der Waals surface area contributed by atoms with Gasteiger partial charge >= 0.3 is 18.2 Å². The zero-order chi connectivity index (χ0) is 24.7. The molecular weight excluding hydrogens is 453 g/mol. The van der Waals surface area contributed by atoms with Gasteiger partial charge in [0, 0.05) is 13.0 Å². The van der Waals surface area contributed by atoms with Crippen LogP contribution in [0.5, 0.6) is 0 Å². The number of alkyl halides is 3. The number of hydrogen-bond acceptors (Lipinski definition) is 5. The summed E-state index contributed by atoms with van der Waals surface area (Å²) in [4.78, 5) is 39.0. The van der Waals surface area contributed by atoms with E-state index in [0.717, 1.165) is 18.7 Å². The van der Waals surface area contributed by atoms with E-state index in [2.05, 4.69) is 5.32 Å². The molecule has 0 bridgehead atoms. The predicted molar refractivity (Wildman–Crippen MR) is 115 cm³/mol. The number of esters is 1. The van der Waals surface area contributed by atoms with Gasteiger partial charge in [0.25, 0.3) is 0 Å². The Kier molecular flexibility index (Phi) is 8.14. The highest BCUT2D eigenvalue weighted by molar-refractivity contribution is 5.90. The van der Waals surface area contributed by atoms with Crippen molar-refractivity contribution in [1.29, 1.82) is 0 Å². The van der Waals surface area contributed by atoms with Crippen LogP contribution >= 0.6 is 0 Å². The van der Waals surface area contributed by atoms with Crippen molar-refractivity contribution in [1.82, 2.24) is 10.2 Å². The fourth-order valence-electron chi connectivity index (χ4n) is 3.86. The summed E-state index contributed by atoms with van der Waals surface area (Å²) < 4.78 is 50.1. The SMILES string of the molecule is COC(=O)[C@H](Cc1ccccc1C(F)(F)F)NC(=O)[C@H]1CCCN1C(=O)OCc1ccccc1. The first-order chi connectivity index (χ1) is 16.2. The fourth-order valence-corrected chi connectivity index (χ4v) is 3.86. The molecular formula is C24H25F3N2O5. The van der Waals surface area contributed by atoms with Crippen LogP contribution in [0.15, 0.2) is 54.6 Å². The summed E-state index contributed by atoms with van der Waals surface area (Å²) in [6.07, 6.45) is -4.85. The Morgan fingerprint density at radius 1 is 1.09 bits per heavy atom. The second-order valence-electron chi connectivity index (χ2n) is 7.83. The molecule has 0 radical (unpaired) electrons. The number of carbonyl (C=O) groups excluding carboxylic acids is 3. The molecule has 0 saturated carbocycles. The van der Waals surface area contributed by atoms with Crippen molar-refractivity contribution < 1.29 is 37.0 Å². The third-order valence-electron chi connectivity index (χ3n) is 5.54. The summed E-state index contributed by atoms with van der Waals surface area (Å²) in [7, 11) is 1.08. The van der Waals surface area contributed by atoms with Gasteiger partial charge in [-0.15, -0.1) is 0 Å². The van der Waals surface area contributed by atoms with Crippen LogP contribution in [0, 0.1) is 0 Å². The number of hydrogen-bond donors (Lipinski definition) is 1. The van der Waals surface area contributed by atoms with E-state index in [1.165, 1.54) is 23.1 Å². The van der Waals surface area contributed by atoms with Crippen molar-refractivity contribution in [2.24, 2.45) is 0 Å². The highest BCUT2D eigenvalue weighted by Gasteiger charge is 2.38. The van der Waals surface area contributed by atoms with E-state index in [1.807, 2.05) is 6.07 Å². The Morgan fingerprint density at radius 2 is 1.76 bits per heavy atom. The first-order valence-corrected chi connectivity index (χ1v) is 10.7. The van der Waals surface area contributed by atoms with E-state index in [0.29, 0.717) is 12.8 Å². The van der Waals surface area contributed by atoms with Crippen LogP contribution in [0.2, 0.25) is 0 Å². The van der Waals surface area contributed by atoms with Crippen molar-refractivity contribution in [3.63, 3.8) is 0 Å². The number of ether oxygens (including phenoxy) is 2. The van der Waals surface area contributed by atoms with Crippen molar-refractivity contribution in [2.75, 3.05) is 13.7 Å². The Labute approximate surface area is 194 Å². The van der Waals surface area contributed by atoms with Gasteiger partial charge in [0.05, 0.1) is 12.7 Å². The number of carbonyl (C=O) groups is 3. The number of rotatable bonds is 7. The van der Waals surface area contributed by atoms with E-state index in [4.69, 9.17) is 9.47 Å². The molecule has 2 atom stereocenters. The first kappa shape index (κ1) is 25.1. The lowest BCUT2D eigenvalue weighted by atomic mass is 9.99. The molecule has 1 saturated heterocycles. The number of nitrogens with one attached hydrogen (secondary N) is 1. The largest absolute Gasteiger partial charge is 0.467 e. The van der Waals surface area contributed by atoms with Gasteiger partial charge in [-0.1, -0.05) is 48.5 Å². The first-order valence-electron chi connectivity index (χ1n) is 10.7. The van der Waals surface area contributed by atoms with Crippen LogP contribution < -0.4 is 5.32 Å². The van der Waals surface area contributed by atoms with Crippen LogP contribution in [-0.2, 0) is 38.3 Å². The van der Waals surface area contributed by atoms with Gasteiger partial charge in [-0.25, -0.2) is 9.59 Å². The van der Waals surface area contributed by atoms with Crippen LogP contribution in [0.25, 0.3) is 0 Å². The third kappa shape index (κ3) is 6.27. The molecule has 3 rings (SSSR count). The monoisotopic (exact) mass is 478 g/mol. The molecule has 2 aromatic carbocycles. The van der Waals surface area contributed by atoms with Crippen molar-refractivity contribution in [3.05, 3.63) is 71.3 Å². The molecule has 1 N–H and O–H groups in total. The normalized spacial score (nSPS) is 16.6. The molecule has 0 unspecified atom stereocenters. The molecule has 0 spiro atoms. The maximum absolute atomic E-state index is 13.4. The highest BCUT2D eigenvalue weighted by Crippen LogP contribution is 2.32. The van der Waals surface area contributed by atoms with E-state index >= 15 is 0 Å². The molecule has 2 amide bonds. The second-order valence-corrected chi connectivity index (χ2v) is 7.83. The molecule has 1 fully saturated rings. The van der Waals surface area contributed by atoms with Crippen LogP contribution in [0.4, 0.5) is 18.0 Å². The van der Waals surface area contributed by atoms with Gasteiger partial charge in [0.1, 0.15) is 18.7 Å². The van der Waals surface area contributed by atoms with Gasteiger partial charge in [0.15, 0.2) is 0 Å². The maximum Gasteiger partial charge on any atom is 0.416 e. The quantitative estimate of drug-likeness (QED) is 0.614. The van der Waals surface area contributed by atoms with Gasteiger partial charge in [0.2, 0.25) is 5.91 Å². The Balaban J connectivity index is 1.69. The van der Waals surface area contributed by atoms with E-state index in [9.17, 15) is 27.6 Å². The van der Waals surface area contributed by atoms with Crippen molar-refractivity contribution in [2.45, 2.75) is 44.1 Å². The van der Waals surface area contributed by atoms with E-state index in [1.54, 1.807) is 24.3 Å². The number of likely N-dealkylation sites (tertiary alicyclic amines) is 1. The molecule has 7 nitrogen and oxygen atoms in total. The highest BCUT2D eigenvalue weighted by atomic mass is 19.4. The number of nitrogens with zero attached hydrogens (tertiary/aromatic N) is 1. The summed E-state index contributed by atoms with van der Waals surface area (Å²) in [5.74, 6) is -1.55. The summed E-state index contributed by atoms with van der Waals surface area (Å²) in [6, 6.07) is 11.6. The smallest absolute Gasteiger partial charge is 0.416 e. The average Bonchev–Trinajstić information content (AvgIpc) is 3.32. The van der Waals surface area contributed by atoms with E-state index < -0.39 is 48.2 Å². The molecule has 0 aliphatic carbocycles. The maximum atomic E-state index is 13.4. The van der Waals surface area contributed by atoms with Crippen LogP contribution in [-0.4, -0.2) is 48.6 Å². The lowest BCUT2D eigenvalue weighted by molar-refractivity contribution is -0.146. The third-order valence-corrected chi connectivity index (χ3v) is 5.54. The molecule has 34 heavy (non-hydrogen) atoms. The lowest BCUT2D eigenvalue weighted by Crippen LogP contribution is -2.52. The van der Waals surface area contributed by atoms with Gasteiger partial charge in [-0.2, -0.15) is 13.2 Å². The molecule has 1 aliphatic rings. The number of benzene rings is 2. The topological polar surface area (TPSA) is 84.9 Å². The van der Waals surface area contributed by atoms with E-state index in [-0.39, 0.29) is 18.7 Å². The molecule has 2 aromatic rings. The van der Waals surface area contributed by atoms with Gasteiger partial charge in [-0.3, -0.25) is 9.69 Å². The lowest BCUT2D eigenvalue weighted by Gasteiger charge is -2.26. The predicted octanol–water partition coefficient (Wildman–Crippen LogP) is 3.71. The molecule has 10 heteroatoms. The zero-order valence-corrected chi connectivity index (χ0v) is 18.5. The summed E-state index contributed by atoms with van der Waals surface area (Å²) in [6.45, 7) is 0.315. The number of methoxy groups -OCH3 is 1. The summed E-state index contributed by atoms with van der Waals surface area (Å²) in [5.41, 5.74) is -0.272. The summed E-state index contributed by atoms with van der Waals surface area (Å²) >= 11 is 0. The minimum atomic E-state index is -4.62. The van der Waals surface area contributed by atoms with Crippen molar-refractivity contribution >= 4 is 18.0 Å².